The average Bonchev–Trinajstić information content (AvgIpc) is 2.14. The first-order valence-electron chi connectivity index (χ1n) is 3.67. The lowest BCUT2D eigenvalue weighted by Gasteiger charge is -2.05. The van der Waals surface area contributed by atoms with Crippen molar-refractivity contribution in [1.82, 2.24) is 0 Å². The highest BCUT2D eigenvalue weighted by Crippen LogP contribution is 2.31. The van der Waals surface area contributed by atoms with E-state index in [2.05, 4.69) is 10.5 Å². The number of halogens is 3. The molecule has 1 amide bonds. The highest BCUT2D eigenvalue weighted by atomic mass is 35.5. The van der Waals surface area contributed by atoms with Gasteiger partial charge in [0.15, 0.2) is 0 Å². The first kappa shape index (κ1) is 12.1. The standard InChI is InChI=1S/C8H5Cl3N2O2/c9-4-1-6(11)7(2-5(4)10)13-8(14)3-12-15/h1-3,15H,(H,13,14). The molecule has 0 bridgehead atoms. The molecule has 4 nitrogen and oxygen atoms in total. The molecule has 0 aliphatic heterocycles. The summed E-state index contributed by atoms with van der Waals surface area (Å²) in [6.07, 6.45) is 0.693. The van der Waals surface area contributed by atoms with Gasteiger partial charge < -0.3 is 10.5 Å². The van der Waals surface area contributed by atoms with E-state index in [4.69, 9.17) is 40.0 Å². The predicted octanol–water partition coefficient (Wildman–Crippen LogP) is 3.05. The number of oxime groups is 1. The number of benzene rings is 1. The third kappa shape index (κ3) is 3.27. The van der Waals surface area contributed by atoms with Gasteiger partial charge in [-0.1, -0.05) is 40.0 Å². The molecule has 1 rings (SSSR count). The Morgan fingerprint density at radius 3 is 2.47 bits per heavy atom. The van der Waals surface area contributed by atoms with Crippen molar-refractivity contribution < 1.29 is 10.0 Å². The SMILES string of the molecule is O=C(C=NO)Nc1cc(Cl)c(Cl)cc1Cl. The zero-order valence-electron chi connectivity index (χ0n) is 7.17. The molecule has 0 radical (unpaired) electrons. The van der Waals surface area contributed by atoms with E-state index in [0.29, 0.717) is 6.21 Å². The van der Waals surface area contributed by atoms with Gasteiger partial charge in [-0.05, 0) is 12.1 Å². The van der Waals surface area contributed by atoms with Crippen LogP contribution in [0, 0.1) is 0 Å². The van der Waals surface area contributed by atoms with Crippen LogP contribution in [0.4, 0.5) is 5.69 Å². The molecule has 0 aliphatic rings. The van der Waals surface area contributed by atoms with Crippen molar-refractivity contribution in [1.29, 1.82) is 0 Å². The van der Waals surface area contributed by atoms with E-state index in [-0.39, 0.29) is 20.8 Å². The van der Waals surface area contributed by atoms with E-state index in [1.807, 2.05) is 0 Å². The molecule has 0 saturated carbocycles. The Balaban J connectivity index is 2.95. The van der Waals surface area contributed by atoms with Crippen molar-refractivity contribution in [2.24, 2.45) is 5.16 Å². The first-order valence-corrected chi connectivity index (χ1v) is 4.81. The summed E-state index contributed by atoms with van der Waals surface area (Å²) in [5.74, 6) is -0.627. The van der Waals surface area contributed by atoms with Gasteiger partial charge in [-0.2, -0.15) is 0 Å². The van der Waals surface area contributed by atoms with E-state index >= 15 is 0 Å². The molecule has 80 valence electrons. The Kier molecular flexibility index (Phi) is 4.20. The van der Waals surface area contributed by atoms with Crippen LogP contribution < -0.4 is 5.32 Å². The molecule has 0 saturated heterocycles. The number of nitrogens with one attached hydrogen (secondary N) is 1. The first-order chi connectivity index (χ1) is 7.04. The molecule has 0 heterocycles. The highest BCUT2D eigenvalue weighted by molar-refractivity contribution is 6.44. The molecule has 1 aromatic rings. The minimum Gasteiger partial charge on any atom is -0.411 e. The second-order valence-electron chi connectivity index (χ2n) is 2.48. The minimum absolute atomic E-state index is 0.240. The third-order valence-corrected chi connectivity index (χ3v) is 2.48. The summed E-state index contributed by atoms with van der Waals surface area (Å²) in [5, 5.41) is 13.8. The Bertz CT molecular complexity index is 421. The van der Waals surface area contributed by atoms with E-state index in [0.717, 1.165) is 0 Å². The summed E-state index contributed by atoms with van der Waals surface area (Å²) in [6.45, 7) is 0. The molecule has 2 N–H and O–H groups in total. The van der Waals surface area contributed by atoms with Crippen molar-refractivity contribution in [2.75, 3.05) is 5.32 Å². The van der Waals surface area contributed by atoms with Crippen molar-refractivity contribution in [2.45, 2.75) is 0 Å². The highest BCUT2D eigenvalue weighted by Gasteiger charge is 2.07. The van der Waals surface area contributed by atoms with Gasteiger partial charge in [-0.3, -0.25) is 4.79 Å². The molecule has 0 atom stereocenters. The van der Waals surface area contributed by atoms with Crippen LogP contribution in [0.25, 0.3) is 0 Å². The summed E-state index contributed by atoms with van der Waals surface area (Å²) in [4.78, 5) is 11.0. The summed E-state index contributed by atoms with van der Waals surface area (Å²) in [7, 11) is 0. The van der Waals surface area contributed by atoms with Crippen LogP contribution >= 0.6 is 34.8 Å². The average molecular weight is 267 g/mol. The van der Waals surface area contributed by atoms with Crippen LogP contribution in [-0.4, -0.2) is 17.3 Å². The topological polar surface area (TPSA) is 61.7 Å². The monoisotopic (exact) mass is 266 g/mol. The minimum atomic E-state index is -0.627. The van der Waals surface area contributed by atoms with Crippen molar-refractivity contribution >= 4 is 52.6 Å². The number of hydrogen-bond donors (Lipinski definition) is 2. The fraction of sp³-hybridized carbons (Fsp3) is 0. The zero-order valence-corrected chi connectivity index (χ0v) is 9.44. The Morgan fingerprint density at radius 1 is 1.27 bits per heavy atom. The van der Waals surface area contributed by atoms with Gasteiger partial charge in [0.1, 0.15) is 6.21 Å². The molecular weight excluding hydrogens is 262 g/mol. The normalized spacial score (nSPS) is 10.6. The maximum atomic E-state index is 11.0. The number of carbonyl (C=O) groups excluding carboxylic acids is 1. The van der Waals surface area contributed by atoms with Crippen LogP contribution in [0.1, 0.15) is 0 Å². The van der Waals surface area contributed by atoms with E-state index in [1.54, 1.807) is 0 Å². The molecule has 7 heteroatoms. The molecule has 0 aromatic heterocycles. The molecule has 0 unspecified atom stereocenters. The number of carbonyl (C=O) groups is 1. The zero-order chi connectivity index (χ0) is 11.4. The third-order valence-electron chi connectivity index (χ3n) is 1.44. The maximum Gasteiger partial charge on any atom is 0.270 e. The van der Waals surface area contributed by atoms with Crippen molar-refractivity contribution in [3.05, 3.63) is 27.2 Å². The number of anilines is 1. The summed E-state index contributed by atoms with van der Waals surface area (Å²) in [6, 6.07) is 2.80. The molecular formula is C8H5Cl3N2O2. The Morgan fingerprint density at radius 2 is 1.87 bits per heavy atom. The van der Waals surface area contributed by atoms with E-state index < -0.39 is 5.91 Å². The van der Waals surface area contributed by atoms with Crippen molar-refractivity contribution in [3.63, 3.8) is 0 Å². The lowest BCUT2D eigenvalue weighted by atomic mass is 10.3. The van der Waals surface area contributed by atoms with Crippen LogP contribution in [0.5, 0.6) is 0 Å². The van der Waals surface area contributed by atoms with Gasteiger partial charge in [0, 0.05) is 0 Å². The molecule has 0 fully saturated rings. The van der Waals surface area contributed by atoms with E-state index in [1.165, 1.54) is 12.1 Å². The van der Waals surface area contributed by atoms with Crippen LogP contribution in [0.3, 0.4) is 0 Å². The van der Waals surface area contributed by atoms with Crippen molar-refractivity contribution in [3.8, 4) is 0 Å². The van der Waals surface area contributed by atoms with Gasteiger partial charge in [0.05, 0.1) is 20.8 Å². The summed E-state index contributed by atoms with van der Waals surface area (Å²) in [5.41, 5.74) is 0.288. The van der Waals surface area contributed by atoms with E-state index in [9.17, 15) is 4.79 Å². The molecule has 15 heavy (non-hydrogen) atoms. The predicted molar refractivity (Wildman–Crippen MR) is 60.4 cm³/mol. The summed E-state index contributed by atoms with van der Waals surface area (Å²) >= 11 is 17.2. The fourth-order valence-corrected chi connectivity index (χ4v) is 1.43. The second-order valence-corrected chi connectivity index (χ2v) is 3.70. The lowest BCUT2D eigenvalue weighted by molar-refractivity contribution is -0.110. The number of hydrogen-bond acceptors (Lipinski definition) is 3. The van der Waals surface area contributed by atoms with Gasteiger partial charge in [0.2, 0.25) is 0 Å². The second kappa shape index (κ2) is 5.21. The van der Waals surface area contributed by atoms with Gasteiger partial charge >= 0.3 is 0 Å². The number of rotatable bonds is 2. The largest absolute Gasteiger partial charge is 0.411 e. The lowest BCUT2D eigenvalue weighted by Crippen LogP contribution is -2.12. The molecule has 1 aromatic carbocycles. The van der Waals surface area contributed by atoms with Crippen LogP contribution in [0.2, 0.25) is 15.1 Å². The van der Waals surface area contributed by atoms with Gasteiger partial charge in [0.25, 0.3) is 5.91 Å². The molecule has 0 spiro atoms. The maximum absolute atomic E-state index is 11.0. The van der Waals surface area contributed by atoms with Crippen LogP contribution in [-0.2, 0) is 4.79 Å². The van der Waals surface area contributed by atoms with Crippen LogP contribution in [0.15, 0.2) is 17.3 Å². The summed E-state index contributed by atoms with van der Waals surface area (Å²) < 4.78 is 0. The Hall–Kier alpha value is -0.970. The smallest absolute Gasteiger partial charge is 0.270 e. The Labute approximate surface area is 100 Å². The number of nitrogens with zero attached hydrogens (tertiary/aromatic N) is 1. The molecule has 0 aliphatic carbocycles. The van der Waals surface area contributed by atoms with Gasteiger partial charge in [-0.25, -0.2) is 0 Å². The quantitative estimate of drug-likeness (QED) is 0.374. The van der Waals surface area contributed by atoms with Gasteiger partial charge in [-0.15, -0.1) is 0 Å². The fourth-order valence-electron chi connectivity index (χ4n) is 0.836. The number of amides is 1.